The molecule has 6 nitrogen and oxygen atoms in total. The summed E-state index contributed by atoms with van der Waals surface area (Å²) in [5.74, 6) is 1.69. The number of esters is 1. The van der Waals surface area contributed by atoms with E-state index in [1.54, 1.807) is 20.4 Å². The monoisotopic (exact) mass is 356 g/mol. The molecule has 2 aromatic rings. The average molecular weight is 356 g/mol. The van der Waals surface area contributed by atoms with Gasteiger partial charge in [0.1, 0.15) is 22.6 Å². The molecule has 6 heteroatoms. The Labute approximate surface area is 153 Å². The number of ether oxygens (including phenoxy) is 3. The molecule has 4 rings (SSSR count). The molecule has 1 saturated heterocycles. The number of anilines is 1. The maximum Gasteiger partial charge on any atom is 0.341 e. The third-order valence-corrected chi connectivity index (χ3v) is 5.53. The Morgan fingerprint density at radius 2 is 2.12 bits per heavy atom. The molecule has 0 spiro atoms. The van der Waals surface area contributed by atoms with Crippen LogP contribution in [0, 0.1) is 5.92 Å². The summed E-state index contributed by atoms with van der Waals surface area (Å²) in [6.45, 7) is 3.12. The van der Waals surface area contributed by atoms with Crippen molar-refractivity contribution >= 4 is 22.6 Å². The van der Waals surface area contributed by atoms with E-state index in [0.717, 1.165) is 29.6 Å². The number of pyridine rings is 1. The molecule has 1 aliphatic carbocycles. The first-order chi connectivity index (χ1) is 12.7. The number of methoxy groups -OCH3 is 2. The summed E-state index contributed by atoms with van der Waals surface area (Å²) in [7, 11) is 3.24. The number of benzene rings is 1. The Bertz CT molecular complexity index is 851. The Morgan fingerprint density at radius 1 is 1.27 bits per heavy atom. The smallest absolute Gasteiger partial charge is 0.341 e. The highest BCUT2D eigenvalue weighted by molar-refractivity contribution is 6.07. The number of rotatable bonds is 5. The van der Waals surface area contributed by atoms with Crippen LogP contribution < -0.4 is 14.4 Å². The second-order valence-electron chi connectivity index (χ2n) is 6.95. The van der Waals surface area contributed by atoms with Crippen LogP contribution in [0.15, 0.2) is 18.3 Å². The molecule has 0 N–H and O–H groups in total. The molecule has 1 aliphatic heterocycles. The van der Waals surface area contributed by atoms with E-state index in [1.165, 1.54) is 12.8 Å². The third-order valence-electron chi connectivity index (χ3n) is 5.53. The van der Waals surface area contributed by atoms with Crippen LogP contribution in [0.25, 0.3) is 10.9 Å². The number of carbonyl (C=O) groups excluding carboxylic acids is 1. The maximum absolute atomic E-state index is 12.6. The van der Waals surface area contributed by atoms with Gasteiger partial charge in [0.15, 0.2) is 0 Å². The van der Waals surface area contributed by atoms with Crippen LogP contribution in [0.1, 0.15) is 36.5 Å². The molecule has 26 heavy (non-hydrogen) atoms. The molecular weight excluding hydrogens is 332 g/mol. The minimum atomic E-state index is -0.332. The lowest BCUT2D eigenvalue weighted by atomic mass is 10.0. The molecule has 0 radical (unpaired) electrons. The first-order valence-corrected chi connectivity index (χ1v) is 9.14. The van der Waals surface area contributed by atoms with Crippen molar-refractivity contribution in [3.05, 3.63) is 23.9 Å². The van der Waals surface area contributed by atoms with Gasteiger partial charge < -0.3 is 19.1 Å². The first-order valence-electron chi connectivity index (χ1n) is 9.14. The van der Waals surface area contributed by atoms with Crippen molar-refractivity contribution in [1.82, 2.24) is 4.98 Å². The standard InChI is InChI=1S/C20H24N2O4/c1-4-26-20(23)16-10-21-18-15(8-14(24-2)9-17(18)25-3)19(16)22-11-12-5-6-13(22)7-12/h8-10,12-13H,4-7,11H2,1-3H3. The summed E-state index contributed by atoms with van der Waals surface area (Å²) in [5.41, 5.74) is 2.15. The maximum atomic E-state index is 12.6. The zero-order chi connectivity index (χ0) is 18.3. The van der Waals surface area contributed by atoms with Crippen molar-refractivity contribution in [1.29, 1.82) is 0 Å². The number of hydrogen-bond acceptors (Lipinski definition) is 6. The van der Waals surface area contributed by atoms with E-state index in [9.17, 15) is 4.79 Å². The van der Waals surface area contributed by atoms with Crippen LogP contribution in [0.2, 0.25) is 0 Å². The van der Waals surface area contributed by atoms with E-state index < -0.39 is 0 Å². The van der Waals surface area contributed by atoms with Crippen LogP contribution in [0.4, 0.5) is 5.69 Å². The fourth-order valence-electron chi connectivity index (χ4n) is 4.37. The summed E-state index contributed by atoms with van der Waals surface area (Å²) in [6, 6.07) is 4.23. The summed E-state index contributed by atoms with van der Waals surface area (Å²) in [4.78, 5) is 19.5. The lowest BCUT2D eigenvalue weighted by Gasteiger charge is -2.31. The molecule has 0 amide bonds. The predicted octanol–water partition coefficient (Wildman–Crippen LogP) is 3.42. The Morgan fingerprint density at radius 3 is 2.73 bits per heavy atom. The fraction of sp³-hybridized carbons (Fsp3) is 0.500. The van der Waals surface area contributed by atoms with E-state index in [4.69, 9.17) is 14.2 Å². The summed E-state index contributed by atoms with van der Waals surface area (Å²) in [6.07, 6.45) is 5.24. The number of hydrogen-bond donors (Lipinski definition) is 0. The predicted molar refractivity (Wildman–Crippen MR) is 99.3 cm³/mol. The molecule has 1 saturated carbocycles. The van der Waals surface area contributed by atoms with Gasteiger partial charge in [-0.2, -0.15) is 0 Å². The Kier molecular flexibility index (Phi) is 4.34. The Balaban J connectivity index is 1.96. The molecule has 2 heterocycles. The quantitative estimate of drug-likeness (QED) is 0.765. The molecule has 2 fully saturated rings. The van der Waals surface area contributed by atoms with E-state index in [2.05, 4.69) is 9.88 Å². The molecular formula is C20H24N2O4. The van der Waals surface area contributed by atoms with Crippen LogP contribution in [-0.2, 0) is 4.74 Å². The van der Waals surface area contributed by atoms with Gasteiger partial charge in [0, 0.05) is 30.2 Å². The zero-order valence-corrected chi connectivity index (χ0v) is 15.4. The number of piperidine rings is 1. The van der Waals surface area contributed by atoms with Crippen LogP contribution >= 0.6 is 0 Å². The van der Waals surface area contributed by atoms with Gasteiger partial charge >= 0.3 is 5.97 Å². The van der Waals surface area contributed by atoms with E-state index in [0.29, 0.717) is 35.6 Å². The van der Waals surface area contributed by atoms with Crippen molar-refractivity contribution in [2.45, 2.75) is 32.2 Å². The van der Waals surface area contributed by atoms with Gasteiger partial charge in [0.2, 0.25) is 0 Å². The van der Waals surface area contributed by atoms with Crippen LogP contribution in [0.3, 0.4) is 0 Å². The topological polar surface area (TPSA) is 60.9 Å². The van der Waals surface area contributed by atoms with Gasteiger partial charge in [-0.1, -0.05) is 0 Å². The van der Waals surface area contributed by atoms with Gasteiger partial charge in [-0.05, 0) is 38.2 Å². The molecule has 138 valence electrons. The van der Waals surface area contributed by atoms with Gasteiger partial charge in [-0.3, -0.25) is 4.98 Å². The summed E-state index contributed by atoms with van der Waals surface area (Å²) in [5, 5.41) is 0.874. The van der Waals surface area contributed by atoms with E-state index in [1.807, 2.05) is 19.1 Å². The summed E-state index contributed by atoms with van der Waals surface area (Å²) < 4.78 is 16.3. The normalized spacial score (nSPS) is 21.3. The van der Waals surface area contributed by atoms with Crippen molar-refractivity contribution in [3.63, 3.8) is 0 Å². The van der Waals surface area contributed by atoms with Crippen molar-refractivity contribution in [2.24, 2.45) is 5.92 Å². The minimum Gasteiger partial charge on any atom is -0.497 e. The summed E-state index contributed by atoms with van der Waals surface area (Å²) >= 11 is 0. The number of nitrogens with zero attached hydrogens (tertiary/aromatic N) is 2. The van der Waals surface area contributed by atoms with E-state index >= 15 is 0 Å². The van der Waals surface area contributed by atoms with Gasteiger partial charge in [0.25, 0.3) is 0 Å². The first kappa shape index (κ1) is 16.9. The van der Waals surface area contributed by atoms with Crippen molar-refractivity contribution in [2.75, 3.05) is 32.3 Å². The van der Waals surface area contributed by atoms with Crippen LogP contribution in [0.5, 0.6) is 11.5 Å². The lowest BCUT2D eigenvalue weighted by Crippen LogP contribution is -2.33. The second-order valence-corrected chi connectivity index (χ2v) is 6.95. The van der Waals surface area contributed by atoms with Gasteiger partial charge in [0.05, 0.1) is 26.5 Å². The second kappa shape index (κ2) is 6.67. The van der Waals surface area contributed by atoms with Crippen molar-refractivity contribution < 1.29 is 19.0 Å². The minimum absolute atomic E-state index is 0.332. The van der Waals surface area contributed by atoms with Gasteiger partial charge in [-0.25, -0.2) is 4.79 Å². The molecule has 2 aliphatic rings. The molecule has 2 bridgehead atoms. The highest BCUT2D eigenvalue weighted by Gasteiger charge is 2.40. The molecule has 1 aromatic carbocycles. The van der Waals surface area contributed by atoms with E-state index in [-0.39, 0.29) is 5.97 Å². The molecule has 1 aromatic heterocycles. The molecule has 2 unspecified atom stereocenters. The van der Waals surface area contributed by atoms with Crippen molar-refractivity contribution in [3.8, 4) is 11.5 Å². The molecule has 2 atom stereocenters. The highest BCUT2D eigenvalue weighted by atomic mass is 16.5. The third kappa shape index (κ3) is 2.64. The SMILES string of the molecule is CCOC(=O)c1cnc2c(OC)cc(OC)cc2c1N1CC2CCC1C2. The largest absolute Gasteiger partial charge is 0.497 e. The number of aromatic nitrogens is 1. The Hall–Kier alpha value is -2.50. The fourth-order valence-corrected chi connectivity index (χ4v) is 4.37. The average Bonchev–Trinajstić information content (AvgIpc) is 3.29. The number of fused-ring (bicyclic) bond motifs is 3. The zero-order valence-electron chi connectivity index (χ0n) is 15.4. The number of carbonyl (C=O) groups is 1. The lowest BCUT2D eigenvalue weighted by molar-refractivity contribution is 0.0526. The highest BCUT2D eigenvalue weighted by Crippen LogP contribution is 2.45. The van der Waals surface area contributed by atoms with Gasteiger partial charge in [-0.15, -0.1) is 0 Å². The van der Waals surface area contributed by atoms with Crippen LogP contribution in [-0.4, -0.2) is 44.4 Å².